The Bertz CT molecular complexity index is 627. The Morgan fingerprint density at radius 3 is 2.90 bits per heavy atom. The molecule has 106 valence electrons. The van der Waals surface area contributed by atoms with Gasteiger partial charge in [0.25, 0.3) is 11.8 Å². The Morgan fingerprint density at radius 1 is 1.55 bits per heavy atom. The molecule has 0 aliphatic carbocycles. The number of hydrogen-bond acceptors (Lipinski definition) is 5. The Labute approximate surface area is 114 Å². The summed E-state index contributed by atoms with van der Waals surface area (Å²) < 4.78 is 24.1. The van der Waals surface area contributed by atoms with Crippen molar-refractivity contribution in [1.82, 2.24) is 10.1 Å². The van der Waals surface area contributed by atoms with Gasteiger partial charge in [-0.1, -0.05) is 18.1 Å². The summed E-state index contributed by atoms with van der Waals surface area (Å²) >= 11 is 0. The summed E-state index contributed by atoms with van der Waals surface area (Å²) in [5.74, 6) is -0.792. The van der Waals surface area contributed by atoms with Crippen LogP contribution >= 0.6 is 0 Å². The second-order valence-electron chi connectivity index (χ2n) is 4.14. The number of nitrogens with two attached hydrogens (primary N) is 1. The minimum atomic E-state index is -0.898. The second-order valence-corrected chi connectivity index (χ2v) is 4.14. The van der Waals surface area contributed by atoms with E-state index in [0.29, 0.717) is 12.2 Å². The topological polar surface area (TPSA) is 91.2 Å². The van der Waals surface area contributed by atoms with Crippen LogP contribution in [0.25, 0.3) is 0 Å². The van der Waals surface area contributed by atoms with Crippen LogP contribution < -0.4 is 10.5 Å². The van der Waals surface area contributed by atoms with Crippen molar-refractivity contribution >= 4 is 5.91 Å². The molecule has 0 spiro atoms. The van der Waals surface area contributed by atoms with Crippen molar-refractivity contribution in [3.8, 4) is 5.75 Å². The molecule has 1 aromatic heterocycles. The summed E-state index contributed by atoms with van der Waals surface area (Å²) in [4.78, 5) is 15.4. The molecule has 6 nitrogen and oxygen atoms in total. The molecule has 1 aromatic carbocycles. The van der Waals surface area contributed by atoms with Crippen LogP contribution in [0.2, 0.25) is 0 Å². The summed E-state index contributed by atoms with van der Waals surface area (Å²) in [6.07, 6.45) is 0.00520. The molecule has 0 radical (unpaired) electrons. The highest BCUT2D eigenvalue weighted by atomic mass is 19.1. The molecule has 1 amide bonds. The van der Waals surface area contributed by atoms with Gasteiger partial charge in [-0.2, -0.15) is 4.98 Å². The van der Waals surface area contributed by atoms with Crippen molar-refractivity contribution in [3.05, 3.63) is 41.3 Å². The molecule has 0 bridgehead atoms. The van der Waals surface area contributed by atoms with Gasteiger partial charge in [-0.25, -0.2) is 4.39 Å². The zero-order valence-corrected chi connectivity index (χ0v) is 11.1. The lowest BCUT2D eigenvalue weighted by Crippen LogP contribution is -2.16. The number of amides is 1. The van der Waals surface area contributed by atoms with E-state index >= 15 is 0 Å². The minimum Gasteiger partial charge on any atom is -0.480 e. The maximum Gasteiger partial charge on any atom is 0.267 e. The smallest absolute Gasteiger partial charge is 0.267 e. The van der Waals surface area contributed by atoms with Crippen molar-refractivity contribution < 1.29 is 18.4 Å². The maximum atomic E-state index is 13.6. The summed E-state index contributed by atoms with van der Waals surface area (Å²) in [7, 11) is 0. The first-order valence-electron chi connectivity index (χ1n) is 6.10. The predicted octanol–water partition coefficient (Wildman–Crippen LogP) is 2.01. The molecule has 1 atom stereocenters. The van der Waals surface area contributed by atoms with Crippen LogP contribution in [0.5, 0.6) is 5.75 Å². The zero-order chi connectivity index (χ0) is 14.7. The van der Waals surface area contributed by atoms with E-state index in [1.165, 1.54) is 12.1 Å². The van der Waals surface area contributed by atoms with Crippen molar-refractivity contribution in [1.29, 1.82) is 0 Å². The predicted molar refractivity (Wildman–Crippen MR) is 67.6 cm³/mol. The maximum absolute atomic E-state index is 13.6. The highest BCUT2D eigenvalue weighted by Gasteiger charge is 2.20. The molecule has 0 aliphatic rings. The largest absolute Gasteiger partial charge is 0.480 e. The average Bonchev–Trinajstić information content (AvgIpc) is 2.87. The SMILES string of the molecule is CCc1noc(C(C)Oc2cccc(F)c2C(N)=O)n1. The molecule has 1 heterocycles. The minimum absolute atomic E-state index is 0.0428. The first-order chi connectivity index (χ1) is 9.52. The van der Waals surface area contributed by atoms with Gasteiger partial charge >= 0.3 is 0 Å². The van der Waals surface area contributed by atoms with E-state index in [-0.39, 0.29) is 17.2 Å². The number of ether oxygens (including phenoxy) is 1. The average molecular weight is 279 g/mol. The van der Waals surface area contributed by atoms with E-state index in [1.54, 1.807) is 6.92 Å². The number of hydrogen-bond donors (Lipinski definition) is 1. The number of carbonyl (C=O) groups excluding carboxylic acids is 1. The highest BCUT2D eigenvalue weighted by molar-refractivity contribution is 5.95. The van der Waals surface area contributed by atoms with E-state index in [4.69, 9.17) is 15.0 Å². The van der Waals surface area contributed by atoms with E-state index in [1.807, 2.05) is 6.92 Å². The van der Waals surface area contributed by atoms with Crippen LogP contribution in [0.3, 0.4) is 0 Å². The van der Waals surface area contributed by atoms with Crippen molar-refractivity contribution in [2.24, 2.45) is 5.73 Å². The van der Waals surface area contributed by atoms with Gasteiger partial charge in [-0.3, -0.25) is 4.79 Å². The van der Waals surface area contributed by atoms with E-state index in [2.05, 4.69) is 10.1 Å². The highest BCUT2D eigenvalue weighted by Crippen LogP contribution is 2.26. The number of primary amides is 1. The van der Waals surface area contributed by atoms with Gasteiger partial charge in [0.2, 0.25) is 0 Å². The van der Waals surface area contributed by atoms with Crippen molar-refractivity contribution in [2.45, 2.75) is 26.4 Å². The molecule has 2 rings (SSSR count). The number of aromatic nitrogens is 2. The first-order valence-corrected chi connectivity index (χ1v) is 6.10. The number of carbonyl (C=O) groups is 1. The lowest BCUT2D eigenvalue weighted by atomic mass is 10.1. The van der Waals surface area contributed by atoms with Crippen LogP contribution in [0.1, 0.15) is 42.0 Å². The van der Waals surface area contributed by atoms with Crippen LogP contribution in [-0.4, -0.2) is 16.0 Å². The third-order valence-electron chi connectivity index (χ3n) is 2.67. The standard InChI is InChI=1S/C13H14FN3O3/c1-3-10-16-13(20-17-10)7(2)19-9-6-4-5-8(14)11(9)12(15)18/h4-7H,3H2,1-2H3,(H2,15,18). The molecule has 7 heteroatoms. The number of halogens is 1. The van der Waals surface area contributed by atoms with E-state index in [0.717, 1.165) is 6.07 Å². The zero-order valence-electron chi connectivity index (χ0n) is 11.1. The fraction of sp³-hybridized carbons (Fsp3) is 0.308. The lowest BCUT2D eigenvalue weighted by Gasteiger charge is -2.13. The molecule has 0 saturated carbocycles. The molecular weight excluding hydrogens is 265 g/mol. The third kappa shape index (κ3) is 2.76. The third-order valence-corrected chi connectivity index (χ3v) is 2.67. The molecule has 1 unspecified atom stereocenters. The fourth-order valence-electron chi connectivity index (χ4n) is 1.66. The van der Waals surface area contributed by atoms with Crippen LogP contribution in [0.15, 0.2) is 22.7 Å². The van der Waals surface area contributed by atoms with E-state index in [9.17, 15) is 9.18 Å². The summed E-state index contributed by atoms with van der Waals surface area (Å²) in [6, 6.07) is 4.02. The van der Waals surface area contributed by atoms with Gasteiger partial charge in [0.1, 0.15) is 17.1 Å². The molecule has 2 N–H and O–H groups in total. The summed E-state index contributed by atoms with van der Waals surface area (Å²) in [5.41, 5.74) is 4.85. The van der Waals surface area contributed by atoms with Gasteiger partial charge in [0.05, 0.1) is 0 Å². The molecule has 0 aliphatic heterocycles. The normalized spacial score (nSPS) is 12.2. The van der Waals surface area contributed by atoms with Crippen LogP contribution in [0, 0.1) is 5.82 Å². The Kier molecular flexibility index (Phi) is 3.97. The van der Waals surface area contributed by atoms with Gasteiger partial charge < -0.3 is 15.0 Å². The fourth-order valence-corrected chi connectivity index (χ4v) is 1.66. The Morgan fingerprint density at radius 2 is 2.30 bits per heavy atom. The van der Waals surface area contributed by atoms with Crippen LogP contribution in [0.4, 0.5) is 4.39 Å². The second kappa shape index (κ2) is 5.68. The lowest BCUT2D eigenvalue weighted by molar-refractivity contribution is 0.0986. The molecule has 20 heavy (non-hydrogen) atoms. The van der Waals surface area contributed by atoms with Gasteiger partial charge in [-0.05, 0) is 19.1 Å². The van der Waals surface area contributed by atoms with Crippen LogP contribution in [-0.2, 0) is 6.42 Å². The number of aryl methyl sites for hydroxylation is 1. The number of benzene rings is 1. The van der Waals surface area contributed by atoms with Gasteiger partial charge in [0, 0.05) is 6.42 Å². The number of rotatable bonds is 5. The van der Waals surface area contributed by atoms with Gasteiger partial charge in [0.15, 0.2) is 11.9 Å². The summed E-state index contributed by atoms with van der Waals surface area (Å²) in [6.45, 7) is 3.54. The van der Waals surface area contributed by atoms with E-state index < -0.39 is 17.8 Å². The number of nitrogens with zero attached hydrogens (tertiary/aromatic N) is 2. The molecule has 0 saturated heterocycles. The Hall–Kier alpha value is -2.44. The molecule has 0 fully saturated rings. The summed E-state index contributed by atoms with van der Waals surface area (Å²) in [5, 5.41) is 3.74. The van der Waals surface area contributed by atoms with Crippen molar-refractivity contribution in [2.75, 3.05) is 0 Å². The monoisotopic (exact) mass is 279 g/mol. The van der Waals surface area contributed by atoms with Crippen molar-refractivity contribution in [3.63, 3.8) is 0 Å². The molecule has 2 aromatic rings. The first kappa shape index (κ1) is 14.0. The van der Waals surface area contributed by atoms with Gasteiger partial charge in [-0.15, -0.1) is 0 Å². The quantitative estimate of drug-likeness (QED) is 0.903. The molecular formula is C13H14FN3O3. The Balaban J connectivity index is 2.25.